The highest BCUT2D eigenvalue weighted by Crippen LogP contribution is 2.29. The lowest BCUT2D eigenvalue weighted by molar-refractivity contribution is 0.210. The van der Waals surface area contributed by atoms with Crippen LogP contribution in [-0.2, 0) is 6.54 Å². The zero-order valence-corrected chi connectivity index (χ0v) is 12.9. The summed E-state index contributed by atoms with van der Waals surface area (Å²) < 4.78 is 5.89. The van der Waals surface area contributed by atoms with Gasteiger partial charge in [-0.2, -0.15) is 0 Å². The maximum absolute atomic E-state index is 5.89. The predicted octanol–water partition coefficient (Wildman–Crippen LogP) is 2.91. The minimum Gasteiger partial charge on any atom is -0.492 e. The van der Waals surface area contributed by atoms with Crippen molar-refractivity contribution in [1.29, 1.82) is 0 Å². The van der Waals surface area contributed by atoms with Gasteiger partial charge in [-0.25, -0.2) is 0 Å². The van der Waals surface area contributed by atoms with Gasteiger partial charge in [0.2, 0.25) is 0 Å². The van der Waals surface area contributed by atoms with E-state index in [0.29, 0.717) is 0 Å². The predicted molar refractivity (Wildman–Crippen MR) is 84.2 cm³/mol. The minimum atomic E-state index is 0.783. The number of hydrogen-bond donors (Lipinski definition) is 1. The molecule has 1 aromatic carbocycles. The minimum absolute atomic E-state index is 0.783. The molecule has 0 saturated heterocycles. The molecule has 1 aliphatic carbocycles. The molecule has 1 saturated carbocycles. The summed E-state index contributed by atoms with van der Waals surface area (Å²) in [6.45, 7) is 10.5. The van der Waals surface area contributed by atoms with Crippen LogP contribution in [0.2, 0.25) is 0 Å². The summed E-state index contributed by atoms with van der Waals surface area (Å²) in [6.07, 6.45) is 2.84. The highest BCUT2D eigenvalue weighted by molar-refractivity contribution is 5.28. The molecule has 0 unspecified atom stereocenters. The van der Waals surface area contributed by atoms with Crippen molar-refractivity contribution >= 4 is 0 Å². The molecule has 0 amide bonds. The van der Waals surface area contributed by atoms with Gasteiger partial charge in [-0.05, 0) is 49.5 Å². The third kappa shape index (κ3) is 5.51. The fourth-order valence-electron chi connectivity index (χ4n) is 2.35. The number of nitrogens with zero attached hydrogens (tertiary/aromatic N) is 1. The lowest BCUT2D eigenvalue weighted by Gasteiger charge is -2.20. The van der Waals surface area contributed by atoms with Crippen molar-refractivity contribution in [2.24, 2.45) is 5.92 Å². The van der Waals surface area contributed by atoms with Crippen LogP contribution in [0.15, 0.2) is 24.3 Å². The fourth-order valence-corrected chi connectivity index (χ4v) is 2.35. The van der Waals surface area contributed by atoms with E-state index in [1.807, 2.05) is 6.07 Å². The topological polar surface area (TPSA) is 24.5 Å². The highest BCUT2D eigenvalue weighted by atomic mass is 16.5. The van der Waals surface area contributed by atoms with E-state index < -0.39 is 0 Å². The first-order valence-electron chi connectivity index (χ1n) is 7.96. The van der Waals surface area contributed by atoms with Crippen molar-refractivity contribution in [2.45, 2.75) is 33.2 Å². The maximum Gasteiger partial charge on any atom is 0.119 e. The summed E-state index contributed by atoms with van der Waals surface area (Å²) in [7, 11) is 0. The second kappa shape index (κ2) is 8.28. The lowest BCUT2D eigenvalue weighted by atomic mass is 10.2. The molecule has 0 atom stereocenters. The molecule has 0 spiro atoms. The molecule has 0 aliphatic heterocycles. The van der Waals surface area contributed by atoms with Crippen LogP contribution < -0.4 is 10.1 Å². The van der Waals surface area contributed by atoms with E-state index in [9.17, 15) is 0 Å². The van der Waals surface area contributed by atoms with Crippen LogP contribution in [0.3, 0.4) is 0 Å². The van der Waals surface area contributed by atoms with Gasteiger partial charge in [-0.15, -0.1) is 0 Å². The van der Waals surface area contributed by atoms with Gasteiger partial charge in [0.05, 0.1) is 0 Å². The summed E-state index contributed by atoms with van der Waals surface area (Å²) in [5, 5.41) is 3.34. The number of nitrogens with one attached hydrogen (secondary N) is 1. The van der Waals surface area contributed by atoms with Crippen molar-refractivity contribution in [1.82, 2.24) is 10.2 Å². The lowest BCUT2D eigenvalue weighted by Crippen LogP contribution is -2.30. The zero-order valence-electron chi connectivity index (χ0n) is 12.9. The van der Waals surface area contributed by atoms with Gasteiger partial charge in [-0.1, -0.05) is 26.0 Å². The molecule has 3 heteroatoms. The van der Waals surface area contributed by atoms with E-state index in [-0.39, 0.29) is 0 Å². The first-order chi connectivity index (χ1) is 9.81. The van der Waals surface area contributed by atoms with Gasteiger partial charge in [0, 0.05) is 19.6 Å². The first-order valence-corrected chi connectivity index (χ1v) is 7.96. The van der Waals surface area contributed by atoms with E-state index in [1.165, 1.54) is 24.9 Å². The summed E-state index contributed by atoms with van der Waals surface area (Å²) in [5.74, 6) is 1.95. The first kappa shape index (κ1) is 15.3. The smallest absolute Gasteiger partial charge is 0.119 e. The zero-order chi connectivity index (χ0) is 14.2. The molecule has 1 fully saturated rings. The van der Waals surface area contributed by atoms with E-state index in [2.05, 4.69) is 42.3 Å². The Balaban J connectivity index is 1.71. The van der Waals surface area contributed by atoms with Gasteiger partial charge in [0.15, 0.2) is 0 Å². The molecule has 112 valence electrons. The van der Waals surface area contributed by atoms with Gasteiger partial charge >= 0.3 is 0 Å². The molecule has 1 aromatic rings. The van der Waals surface area contributed by atoms with Crippen LogP contribution >= 0.6 is 0 Å². The fraction of sp³-hybridized carbons (Fsp3) is 0.647. The van der Waals surface area contributed by atoms with Crippen LogP contribution in [0, 0.1) is 5.92 Å². The summed E-state index contributed by atoms with van der Waals surface area (Å²) in [6, 6.07) is 8.40. The summed E-state index contributed by atoms with van der Waals surface area (Å²) in [5.41, 5.74) is 1.29. The Morgan fingerprint density at radius 3 is 2.85 bits per heavy atom. The van der Waals surface area contributed by atoms with Crippen molar-refractivity contribution in [2.75, 3.05) is 32.8 Å². The van der Waals surface area contributed by atoms with Gasteiger partial charge in [-0.3, -0.25) is 4.90 Å². The monoisotopic (exact) mass is 276 g/mol. The molecule has 2 rings (SSSR count). The van der Waals surface area contributed by atoms with Gasteiger partial charge < -0.3 is 10.1 Å². The molecular weight excluding hydrogens is 248 g/mol. The van der Waals surface area contributed by atoms with E-state index in [1.54, 1.807) is 0 Å². The summed E-state index contributed by atoms with van der Waals surface area (Å²) >= 11 is 0. The third-order valence-electron chi connectivity index (χ3n) is 3.81. The SMILES string of the molecule is CCNCc1cccc(OCCN(CC)CC2CC2)c1. The molecular formula is C17H28N2O. The van der Waals surface area contributed by atoms with Crippen LogP contribution in [0.25, 0.3) is 0 Å². The van der Waals surface area contributed by atoms with E-state index in [4.69, 9.17) is 4.74 Å². The van der Waals surface area contributed by atoms with E-state index >= 15 is 0 Å². The van der Waals surface area contributed by atoms with Crippen LogP contribution in [0.4, 0.5) is 0 Å². The second-order valence-electron chi connectivity index (χ2n) is 5.61. The standard InChI is InChI=1S/C17H28N2O/c1-3-18-13-16-6-5-7-17(12-16)20-11-10-19(4-2)14-15-8-9-15/h5-7,12,15,18H,3-4,8-11,13-14H2,1-2H3. The normalized spacial score (nSPS) is 14.8. The number of likely N-dealkylation sites (N-methyl/N-ethyl adjacent to an activating group) is 1. The Labute approximate surface area is 123 Å². The van der Waals surface area contributed by atoms with Crippen molar-refractivity contribution < 1.29 is 4.74 Å². The van der Waals surface area contributed by atoms with E-state index in [0.717, 1.165) is 44.5 Å². The van der Waals surface area contributed by atoms with Crippen LogP contribution in [-0.4, -0.2) is 37.7 Å². The Bertz CT molecular complexity index is 390. The largest absolute Gasteiger partial charge is 0.492 e. The maximum atomic E-state index is 5.89. The second-order valence-corrected chi connectivity index (χ2v) is 5.61. The number of benzene rings is 1. The Morgan fingerprint density at radius 1 is 1.30 bits per heavy atom. The number of ether oxygens (including phenoxy) is 1. The quantitative estimate of drug-likeness (QED) is 0.711. The van der Waals surface area contributed by atoms with Crippen molar-refractivity contribution in [3.8, 4) is 5.75 Å². The molecule has 3 nitrogen and oxygen atoms in total. The number of hydrogen-bond acceptors (Lipinski definition) is 3. The van der Waals surface area contributed by atoms with Gasteiger partial charge in [0.25, 0.3) is 0 Å². The number of rotatable bonds is 10. The van der Waals surface area contributed by atoms with Crippen LogP contribution in [0.1, 0.15) is 32.3 Å². The Kier molecular flexibility index (Phi) is 6.34. The molecule has 0 heterocycles. The van der Waals surface area contributed by atoms with Gasteiger partial charge in [0.1, 0.15) is 12.4 Å². The average molecular weight is 276 g/mol. The highest BCUT2D eigenvalue weighted by Gasteiger charge is 2.23. The molecule has 20 heavy (non-hydrogen) atoms. The van der Waals surface area contributed by atoms with Crippen LogP contribution in [0.5, 0.6) is 5.75 Å². The average Bonchev–Trinajstić information content (AvgIpc) is 3.28. The molecule has 0 radical (unpaired) electrons. The van der Waals surface area contributed by atoms with Crippen molar-refractivity contribution in [3.05, 3.63) is 29.8 Å². The Morgan fingerprint density at radius 2 is 2.15 bits per heavy atom. The molecule has 0 aromatic heterocycles. The third-order valence-corrected chi connectivity index (χ3v) is 3.81. The molecule has 0 bridgehead atoms. The van der Waals surface area contributed by atoms with Crippen molar-refractivity contribution in [3.63, 3.8) is 0 Å². The molecule has 1 aliphatic rings. The summed E-state index contributed by atoms with van der Waals surface area (Å²) in [4.78, 5) is 2.50. The molecule has 1 N–H and O–H groups in total. The Hall–Kier alpha value is -1.06.